The van der Waals surface area contributed by atoms with Gasteiger partial charge in [-0.3, -0.25) is 4.79 Å². The highest BCUT2D eigenvalue weighted by Crippen LogP contribution is 2.23. The van der Waals surface area contributed by atoms with Gasteiger partial charge in [-0.15, -0.1) is 0 Å². The number of nitrogens with one attached hydrogen (secondary N) is 3. The summed E-state index contributed by atoms with van der Waals surface area (Å²) in [6, 6.07) is 17.9. The van der Waals surface area contributed by atoms with Crippen molar-refractivity contribution in [2.75, 3.05) is 6.54 Å². The molecule has 0 aliphatic rings. The van der Waals surface area contributed by atoms with Crippen molar-refractivity contribution in [3.63, 3.8) is 0 Å². The van der Waals surface area contributed by atoms with Gasteiger partial charge in [0.2, 0.25) is 5.91 Å². The van der Waals surface area contributed by atoms with E-state index in [9.17, 15) is 9.59 Å². The van der Waals surface area contributed by atoms with Crippen molar-refractivity contribution in [1.82, 2.24) is 15.6 Å². The van der Waals surface area contributed by atoms with E-state index >= 15 is 0 Å². The molecule has 0 spiro atoms. The molecule has 6 nitrogen and oxygen atoms in total. The Hall–Kier alpha value is -3.28. The number of fused-ring (bicyclic) bond motifs is 1. The minimum Gasteiger partial charge on any atom is -0.444 e. The number of carbonyl (C=O) groups excluding carboxylic acids is 2. The molecule has 6 heteroatoms. The maximum absolute atomic E-state index is 13.2. The van der Waals surface area contributed by atoms with Crippen LogP contribution in [0, 0.1) is 0 Å². The molecule has 1 unspecified atom stereocenters. The lowest BCUT2D eigenvalue weighted by Gasteiger charge is -2.31. The van der Waals surface area contributed by atoms with Crippen LogP contribution in [-0.2, 0) is 22.4 Å². The number of alkyl carbamates (subject to hydrolysis) is 1. The summed E-state index contributed by atoms with van der Waals surface area (Å²) in [5.41, 5.74) is 1.25. The topological polar surface area (TPSA) is 83.2 Å². The van der Waals surface area contributed by atoms with Gasteiger partial charge in [0.15, 0.2) is 0 Å². The molecule has 0 radical (unpaired) electrons. The van der Waals surface area contributed by atoms with Crippen molar-refractivity contribution < 1.29 is 14.3 Å². The van der Waals surface area contributed by atoms with Gasteiger partial charge < -0.3 is 20.4 Å². The minimum atomic E-state index is -1.18. The number of hydrogen-bond donors (Lipinski definition) is 3. The molecular formula is C25H31N3O3. The van der Waals surface area contributed by atoms with Crippen molar-refractivity contribution in [3.05, 3.63) is 71.9 Å². The third kappa shape index (κ3) is 6.10. The normalized spacial score (nSPS) is 13.4. The molecule has 1 atom stereocenters. The molecule has 2 amide bonds. The molecule has 0 aliphatic carbocycles. The highest BCUT2D eigenvalue weighted by atomic mass is 16.6. The molecule has 0 bridgehead atoms. The van der Waals surface area contributed by atoms with Gasteiger partial charge in [-0.25, -0.2) is 4.79 Å². The fourth-order valence-electron chi connectivity index (χ4n) is 3.53. The molecule has 3 N–H and O–H groups in total. The van der Waals surface area contributed by atoms with Crippen LogP contribution in [0.4, 0.5) is 4.79 Å². The van der Waals surface area contributed by atoms with Gasteiger partial charge in [0, 0.05) is 30.1 Å². The second kappa shape index (κ2) is 9.25. The standard InChI is InChI=1S/C25H31N3O3/c1-24(2,3)31-23(30)28-25(4,16-19-17-27-21-13-9-8-12-20(19)21)22(29)26-15-14-18-10-6-5-7-11-18/h5-13,17,27H,14-16H2,1-4H3,(H,26,29)(H,28,30). The molecule has 2 aromatic carbocycles. The van der Waals surface area contributed by atoms with Crippen LogP contribution in [0.1, 0.15) is 38.8 Å². The zero-order valence-corrected chi connectivity index (χ0v) is 18.6. The third-order valence-corrected chi connectivity index (χ3v) is 5.04. The van der Waals surface area contributed by atoms with Crippen molar-refractivity contribution >= 4 is 22.9 Å². The fraction of sp³-hybridized carbons (Fsp3) is 0.360. The quantitative estimate of drug-likeness (QED) is 0.530. The molecule has 31 heavy (non-hydrogen) atoms. The van der Waals surface area contributed by atoms with Crippen LogP contribution < -0.4 is 10.6 Å². The average Bonchev–Trinajstić information content (AvgIpc) is 3.10. The van der Waals surface area contributed by atoms with Crippen molar-refractivity contribution in [2.24, 2.45) is 0 Å². The van der Waals surface area contributed by atoms with E-state index in [-0.39, 0.29) is 5.91 Å². The average molecular weight is 422 g/mol. The van der Waals surface area contributed by atoms with Crippen LogP contribution in [0.3, 0.4) is 0 Å². The number of benzene rings is 2. The fourth-order valence-corrected chi connectivity index (χ4v) is 3.53. The number of rotatable bonds is 7. The van der Waals surface area contributed by atoms with Crippen molar-refractivity contribution in [3.8, 4) is 0 Å². The summed E-state index contributed by atoms with van der Waals surface area (Å²) >= 11 is 0. The Bertz CT molecular complexity index is 1040. The summed E-state index contributed by atoms with van der Waals surface area (Å²) in [4.78, 5) is 29.0. The van der Waals surface area contributed by atoms with Crippen LogP contribution >= 0.6 is 0 Å². The van der Waals surface area contributed by atoms with Crippen molar-refractivity contribution in [1.29, 1.82) is 0 Å². The number of ether oxygens (including phenoxy) is 1. The van der Waals surface area contributed by atoms with Crippen LogP contribution in [-0.4, -0.2) is 34.7 Å². The summed E-state index contributed by atoms with van der Waals surface area (Å²) in [5, 5.41) is 6.82. The second-order valence-electron chi connectivity index (χ2n) is 8.99. The number of hydrogen-bond acceptors (Lipinski definition) is 3. The summed E-state index contributed by atoms with van der Waals surface area (Å²) < 4.78 is 5.43. The predicted octanol–water partition coefficient (Wildman–Crippen LogP) is 4.35. The summed E-state index contributed by atoms with van der Waals surface area (Å²) in [6.45, 7) is 7.59. The van der Waals surface area contributed by atoms with E-state index in [4.69, 9.17) is 4.74 Å². The maximum atomic E-state index is 13.2. The largest absolute Gasteiger partial charge is 0.444 e. The van der Waals surface area contributed by atoms with Crippen LogP contribution in [0.5, 0.6) is 0 Å². The molecule has 0 saturated heterocycles. The van der Waals surface area contributed by atoms with E-state index < -0.39 is 17.2 Å². The molecular weight excluding hydrogens is 390 g/mol. The SMILES string of the molecule is CC(C)(C)OC(=O)NC(C)(Cc1c[nH]c2ccccc12)C(=O)NCCc1ccccc1. The number of H-pyrrole nitrogens is 1. The third-order valence-electron chi connectivity index (χ3n) is 5.04. The first-order valence-electron chi connectivity index (χ1n) is 10.5. The lowest BCUT2D eigenvalue weighted by molar-refractivity contribution is -0.127. The first-order valence-corrected chi connectivity index (χ1v) is 10.5. The Balaban J connectivity index is 1.77. The molecule has 1 heterocycles. The second-order valence-corrected chi connectivity index (χ2v) is 8.99. The zero-order chi connectivity index (χ0) is 22.5. The Morgan fingerprint density at radius 3 is 2.35 bits per heavy atom. The van der Waals surface area contributed by atoms with Gasteiger partial charge in [-0.1, -0.05) is 48.5 Å². The summed E-state index contributed by atoms with van der Waals surface area (Å²) in [7, 11) is 0. The lowest BCUT2D eigenvalue weighted by atomic mass is 9.91. The van der Waals surface area contributed by atoms with Gasteiger partial charge >= 0.3 is 6.09 Å². The number of amides is 2. The Morgan fingerprint density at radius 1 is 0.968 bits per heavy atom. The monoisotopic (exact) mass is 421 g/mol. The number of aromatic amines is 1. The summed E-state index contributed by atoms with van der Waals surface area (Å²) in [6.07, 6.45) is 2.31. The molecule has 164 valence electrons. The molecule has 0 saturated carbocycles. The van der Waals surface area contributed by atoms with Gasteiger partial charge in [-0.05, 0) is 51.3 Å². The van der Waals surface area contributed by atoms with Gasteiger partial charge in [0.05, 0.1) is 0 Å². The molecule has 3 aromatic rings. The van der Waals surface area contributed by atoms with E-state index in [1.165, 1.54) is 0 Å². The smallest absolute Gasteiger partial charge is 0.408 e. The van der Waals surface area contributed by atoms with Gasteiger partial charge in [-0.2, -0.15) is 0 Å². The number of aromatic nitrogens is 1. The molecule has 3 rings (SSSR count). The van der Waals surface area contributed by atoms with Gasteiger partial charge in [0.25, 0.3) is 0 Å². The van der Waals surface area contributed by atoms with Gasteiger partial charge in [0.1, 0.15) is 11.1 Å². The first-order chi connectivity index (χ1) is 14.7. The van der Waals surface area contributed by atoms with E-state index in [0.29, 0.717) is 19.4 Å². The summed E-state index contributed by atoms with van der Waals surface area (Å²) in [5.74, 6) is -0.250. The Morgan fingerprint density at radius 2 is 1.65 bits per heavy atom. The molecule has 1 aromatic heterocycles. The number of para-hydroxylation sites is 1. The van der Waals surface area contributed by atoms with Crippen LogP contribution in [0.15, 0.2) is 60.8 Å². The lowest BCUT2D eigenvalue weighted by Crippen LogP contribution is -2.59. The Kier molecular flexibility index (Phi) is 6.68. The van der Waals surface area contributed by atoms with E-state index in [1.54, 1.807) is 27.7 Å². The predicted molar refractivity (Wildman–Crippen MR) is 123 cm³/mol. The highest BCUT2D eigenvalue weighted by molar-refractivity contribution is 5.91. The Labute approximate surface area is 183 Å². The number of carbonyl (C=O) groups is 2. The minimum absolute atomic E-state index is 0.250. The first kappa shape index (κ1) is 22.4. The maximum Gasteiger partial charge on any atom is 0.408 e. The molecule has 0 aliphatic heterocycles. The van der Waals surface area contributed by atoms with E-state index in [2.05, 4.69) is 15.6 Å². The van der Waals surface area contributed by atoms with E-state index in [1.807, 2.05) is 60.8 Å². The highest BCUT2D eigenvalue weighted by Gasteiger charge is 2.37. The van der Waals surface area contributed by atoms with Crippen LogP contribution in [0.2, 0.25) is 0 Å². The van der Waals surface area contributed by atoms with Crippen LogP contribution in [0.25, 0.3) is 10.9 Å². The van der Waals surface area contributed by atoms with E-state index in [0.717, 1.165) is 22.0 Å². The molecule has 0 fully saturated rings. The zero-order valence-electron chi connectivity index (χ0n) is 18.6. The van der Waals surface area contributed by atoms with Crippen molar-refractivity contribution in [2.45, 2.75) is 51.7 Å².